The van der Waals surface area contributed by atoms with E-state index >= 15 is 0 Å². The molecule has 2 saturated carbocycles. The summed E-state index contributed by atoms with van der Waals surface area (Å²) < 4.78 is 5.45. The number of nitrogens with one attached hydrogen (secondary N) is 3. The van der Waals surface area contributed by atoms with Crippen LogP contribution in [0.25, 0.3) is 0 Å². The number of aromatic nitrogens is 2. The number of amides is 1. The van der Waals surface area contributed by atoms with E-state index in [0.717, 1.165) is 42.5 Å². The average Bonchev–Trinajstić information content (AvgIpc) is 3.60. The fraction of sp³-hybridized carbons (Fsp3) is 0.538. The second kappa shape index (κ2) is 12.5. The van der Waals surface area contributed by atoms with Crippen LogP contribution in [0.4, 0.5) is 5.82 Å². The molecule has 0 radical (unpaired) electrons. The van der Waals surface area contributed by atoms with Gasteiger partial charge in [-0.3, -0.25) is 19.5 Å². The zero-order chi connectivity index (χ0) is 24.5. The van der Waals surface area contributed by atoms with Crippen LogP contribution in [0.3, 0.4) is 0 Å². The Balaban J connectivity index is 1.07. The van der Waals surface area contributed by atoms with Crippen molar-refractivity contribution < 1.29 is 24.0 Å². The molecule has 9 nitrogen and oxygen atoms in total. The first-order chi connectivity index (χ1) is 17.0. The highest BCUT2D eigenvalue weighted by atomic mass is 16.7. The number of anilines is 1. The lowest BCUT2D eigenvalue weighted by molar-refractivity contribution is -0.153. The first-order valence-electron chi connectivity index (χ1n) is 12.6. The number of H-pyrrole nitrogens is 1. The van der Waals surface area contributed by atoms with Gasteiger partial charge in [-0.15, -0.1) is 5.48 Å². The molecular formula is C26H34N4O5. The SMILES string of the molecule is O=C(Cc1ccc(CNOC(=O)CCCC(=O)OC2CCCCC2)cc1)Nc1cc(C2CC2)[nH]n1. The first-order valence-corrected chi connectivity index (χ1v) is 12.6. The minimum Gasteiger partial charge on any atom is -0.462 e. The van der Waals surface area contributed by atoms with Gasteiger partial charge in [0.15, 0.2) is 5.82 Å². The van der Waals surface area contributed by atoms with Crippen molar-refractivity contribution in [3.05, 3.63) is 47.2 Å². The molecule has 1 aromatic heterocycles. The van der Waals surface area contributed by atoms with E-state index in [2.05, 4.69) is 21.0 Å². The van der Waals surface area contributed by atoms with E-state index in [1.165, 1.54) is 19.3 Å². The molecule has 1 heterocycles. The molecule has 0 unspecified atom stereocenters. The normalized spacial score (nSPS) is 16.0. The third-order valence-electron chi connectivity index (χ3n) is 6.34. The van der Waals surface area contributed by atoms with Crippen LogP contribution in [0.5, 0.6) is 0 Å². The monoisotopic (exact) mass is 482 g/mol. The molecule has 0 bridgehead atoms. The summed E-state index contributed by atoms with van der Waals surface area (Å²) in [6.45, 7) is 0.346. The molecule has 3 N–H and O–H groups in total. The molecule has 188 valence electrons. The van der Waals surface area contributed by atoms with Gasteiger partial charge in [-0.05, 0) is 56.1 Å². The summed E-state index contributed by atoms with van der Waals surface area (Å²) in [5, 5.41) is 9.94. The number of ether oxygens (including phenoxy) is 1. The van der Waals surface area contributed by atoms with E-state index in [1.54, 1.807) is 0 Å². The Hall–Kier alpha value is -3.20. The smallest absolute Gasteiger partial charge is 0.324 e. The number of nitrogens with zero attached hydrogens (tertiary/aromatic N) is 1. The van der Waals surface area contributed by atoms with Gasteiger partial charge in [-0.25, -0.2) is 0 Å². The summed E-state index contributed by atoms with van der Waals surface area (Å²) in [6, 6.07) is 9.40. The maximum Gasteiger partial charge on any atom is 0.324 e. The molecule has 0 aliphatic heterocycles. The predicted molar refractivity (Wildman–Crippen MR) is 129 cm³/mol. The molecule has 35 heavy (non-hydrogen) atoms. The maximum atomic E-state index is 12.3. The van der Waals surface area contributed by atoms with E-state index in [-0.39, 0.29) is 37.2 Å². The zero-order valence-corrected chi connectivity index (χ0v) is 20.0. The number of benzene rings is 1. The van der Waals surface area contributed by atoms with Crippen molar-refractivity contribution in [1.29, 1.82) is 0 Å². The molecule has 1 aromatic carbocycles. The van der Waals surface area contributed by atoms with Crippen LogP contribution in [0, 0.1) is 0 Å². The Kier molecular flexibility index (Phi) is 8.89. The van der Waals surface area contributed by atoms with Crippen LogP contribution >= 0.6 is 0 Å². The molecule has 1 amide bonds. The van der Waals surface area contributed by atoms with Gasteiger partial charge in [-0.2, -0.15) is 5.10 Å². The van der Waals surface area contributed by atoms with Crippen molar-refractivity contribution in [3.63, 3.8) is 0 Å². The summed E-state index contributed by atoms with van der Waals surface area (Å²) in [4.78, 5) is 41.1. The zero-order valence-electron chi connectivity index (χ0n) is 20.0. The number of hydrogen-bond acceptors (Lipinski definition) is 7. The second-order valence-corrected chi connectivity index (χ2v) is 9.42. The maximum absolute atomic E-state index is 12.3. The van der Waals surface area contributed by atoms with E-state index < -0.39 is 5.97 Å². The molecule has 9 heteroatoms. The van der Waals surface area contributed by atoms with E-state index in [4.69, 9.17) is 9.57 Å². The number of aromatic amines is 1. The number of esters is 1. The van der Waals surface area contributed by atoms with Gasteiger partial charge in [0.2, 0.25) is 5.91 Å². The van der Waals surface area contributed by atoms with Crippen molar-refractivity contribution in [2.45, 2.75) is 89.2 Å². The third-order valence-corrected chi connectivity index (χ3v) is 6.34. The van der Waals surface area contributed by atoms with Crippen LogP contribution in [0.1, 0.15) is 86.9 Å². The Bertz CT molecular complexity index is 993. The number of hydrogen-bond donors (Lipinski definition) is 3. The highest BCUT2D eigenvalue weighted by molar-refractivity contribution is 5.91. The fourth-order valence-corrected chi connectivity index (χ4v) is 4.21. The molecule has 2 aliphatic rings. The topological polar surface area (TPSA) is 122 Å². The van der Waals surface area contributed by atoms with Crippen LogP contribution in [0.15, 0.2) is 30.3 Å². The number of hydroxylamine groups is 1. The highest BCUT2D eigenvalue weighted by Crippen LogP contribution is 2.39. The lowest BCUT2D eigenvalue weighted by atomic mass is 9.98. The van der Waals surface area contributed by atoms with Gasteiger partial charge in [-0.1, -0.05) is 30.7 Å². The van der Waals surface area contributed by atoms with Crippen LogP contribution in [-0.2, 0) is 36.9 Å². The van der Waals surface area contributed by atoms with Crippen LogP contribution in [-0.4, -0.2) is 34.1 Å². The molecule has 2 aromatic rings. The summed E-state index contributed by atoms with van der Waals surface area (Å²) in [5.74, 6) is 0.344. The quantitative estimate of drug-likeness (QED) is 0.308. The number of carbonyl (C=O) groups excluding carboxylic acids is 3. The molecule has 2 aliphatic carbocycles. The molecular weight excluding hydrogens is 448 g/mol. The van der Waals surface area contributed by atoms with Crippen LogP contribution < -0.4 is 10.8 Å². The largest absolute Gasteiger partial charge is 0.462 e. The predicted octanol–water partition coefficient (Wildman–Crippen LogP) is 4.06. The van der Waals surface area contributed by atoms with Crippen molar-refractivity contribution in [2.24, 2.45) is 0 Å². The molecule has 0 saturated heterocycles. The van der Waals surface area contributed by atoms with Gasteiger partial charge in [0.25, 0.3) is 0 Å². The number of carbonyl (C=O) groups is 3. The fourth-order valence-electron chi connectivity index (χ4n) is 4.21. The average molecular weight is 483 g/mol. The van der Waals surface area contributed by atoms with E-state index in [0.29, 0.717) is 24.7 Å². The number of rotatable bonds is 12. The van der Waals surface area contributed by atoms with Gasteiger partial charge in [0.1, 0.15) is 6.10 Å². The summed E-state index contributed by atoms with van der Waals surface area (Å²) >= 11 is 0. The third kappa shape index (κ3) is 8.51. The standard InChI is InChI=1S/C26H34N4O5/c31-24(28-23-16-22(29-30-23)20-13-14-20)15-18-9-11-19(12-10-18)17-27-35-26(33)8-4-7-25(32)34-21-5-2-1-3-6-21/h9-12,16,20-21,27H,1-8,13-15,17H2,(H2,28,29,30,31). The Labute approximate surface area is 205 Å². The minimum atomic E-state index is -0.410. The van der Waals surface area contributed by atoms with Crippen molar-refractivity contribution >= 4 is 23.7 Å². The lowest BCUT2D eigenvalue weighted by Gasteiger charge is -2.21. The van der Waals surface area contributed by atoms with Gasteiger partial charge in [0, 0.05) is 30.5 Å². The Morgan fingerprint density at radius 2 is 1.66 bits per heavy atom. The van der Waals surface area contributed by atoms with E-state index in [1.807, 2.05) is 30.3 Å². The highest BCUT2D eigenvalue weighted by Gasteiger charge is 2.25. The molecule has 0 spiro atoms. The first kappa shape index (κ1) is 24.9. The van der Waals surface area contributed by atoms with Gasteiger partial charge < -0.3 is 14.9 Å². The van der Waals surface area contributed by atoms with Gasteiger partial charge in [0.05, 0.1) is 13.0 Å². The summed E-state index contributed by atoms with van der Waals surface area (Å²) in [6.07, 6.45) is 8.74. The van der Waals surface area contributed by atoms with E-state index in [9.17, 15) is 14.4 Å². The van der Waals surface area contributed by atoms with Crippen molar-refractivity contribution in [3.8, 4) is 0 Å². The molecule has 2 fully saturated rings. The van der Waals surface area contributed by atoms with Crippen molar-refractivity contribution in [1.82, 2.24) is 15.7 Å². The van der Waals surface area contributed by atoms with Crippen molar-refractivity contribution in [2.75, 3.05) is 5.32 Å². The summed E-state index contributed by atoms with van der Waals surface area (Å²) in [5.41, 5.74) is 5.53. The summed E-state index contributed by atoms with van der Waals surface area (Å²) in [7, 11) is 0. The molecule has 0 atom stereocenters. The molecule has 4 rings (SSSR count). The van der Waals surface area contributed by atoms with Crippen LogP contribution in [0.2, 0.25) is 0 Å². The lowest BCUT2D eigenvalue weighted by Crippen LogP contribution is -2.21. The second-order valence-electron chi connectivity index (χ2n) is 9.42. The Morgan fingerprint density at radius 3 is 2.40 bits per heavy atom. The van der Waals surface area contributed by atoms with Gasteiger partial charge >= 0.3 is 11.9 Å². The minimum absolute atomic E-state index is 0.0435. The Morgan fingerprint density at radius 1 is 0.943 bits per heavy atom.